The summed E-state index contributed by atoms with van der Waals surface area (Å²) in [6, 6.07) is 15.0. The summed E-state index contributed by atoms with van der Waals surface area (Å²) in [5, 5.41) is 6.11. The second-order valence-corrected chi connectivity index (χ2v) is 13.2. The van der Waals surface area contributed by atoms with Gasteiger partial charge in [0, 0.05) is 56.0 Å². The van der Waals surface area contributed by atoms with E-state index in [1.54, 1.807) is 24.4 Å². The molecule has 1 unspecified atom stereocenters. The van der Waals surface area contributed by atoms with Gasteiger partial charge in [0.05, 0.1) is 12.2 Å². The van der Waals surface area contributed by atoms with Gasteiger partial charge in [-0.15, -0.1) is 0 Å². The van der Waals surface area contributed by atoms with Gasteiger partial charge in [0.25, 0.3) is 11.8 Å². The van der Waals surface area contributed by atoms with E-state index in [0.29, 0.717) is 55.7 Å². The molecule has 0 spiro atoms. The minimum atomic E-state index is -3.08. The number of nitrogens with zero attached hydrogens (tertiary/aromatic N) is 1. The number of carbonyl (C=O) groups excluding carboxylic acids is 2. The highest BCUT2D eigenvalue weighted by Gasteiger charge is 2.31. The largest absolute Gasteiger partial charge is 0.457 e. The van der Waals surface area contributed by atoms with Crippen LogP contribution in [-0.2, 0) is 14.3 Å². The van der Waals surface area contributed by atoms with Crippen molar-refractivity contribution in [1.29, 1.82) is 0 Å². The molecule has 0 aromatic heterocycles. The maximum Gasteiger partial charge on any atom is 0.387 e. The van der Waals surface area contributed by atoms with Gasteiger partial charge in [-0.3, -0.25) is 9.59 Å². The molecule has 1 saturated carbocycles. The predicted octanol–water partition coefficient (Wildman–Crippen LogP) is 6.99. The Morgan fingerprint density at radius 1 is 0.958 bits per heavy atom. The molecule has 2 aliphatic carbocycles. The number of carbonyl (C=O) groups is 2. The summed E-state index contributed by atoms with van der Waals surface area (Å²) in [4.78, 5) is 28.1. The highest BCUT2D eigenvalue weighted by Crippen LogP contribution is 2.36. The second-order valence-electron chi connectivity index (χ2n) is 13.2. The summed E-state index contributed by atoms with van der Waals surface area (Å²) in [5.41, 5.74) is 2.36. The van der Waals surface area contributed by atoms with Crippen molar-refractivity contribution in [2.75, 3.05) is 39.4 Å². The number of alkyl halides is 2. The van der Waals surface area contributed by atoms with Crippen LogP contribution in [0, 0.1) is 30.6 Å². The number of nitrogens with one attached hydrogen (secondary N) is 2. The van der Waals surface area contributed by atoms with E-state index in [1.807, 2.05) is 68.1 Å². The van der Waals surface area contributed by atoms with E-state index in [0.717, 1.165) is 24.2 Å². The van der Waals surface area contributed by atoms with Crippen LogP contribution in [0.2, 0.25) is 0 Å². The fourth-order valence-electron chi connectivity index (χ4n) is 5.96. The van der Waals surface area contributed by atoms with Crippen LogP contribution in [0.3, 0.4) is 0 Å². The van der Waals surface area contributed by atoms with Crippen LogP contribution in [0.5, 0.6) is 11.5 Å². The zero-order valence-electron chi connectivity index (χ0n) is 28.1. The topological polar surface area (TPSA) is 89.1 Å². The van der Waals surface area contributed by atoms with Crippen LogP contribution in [0.1, 0.15) is 55.5 Å². The summed E-state index contributed by atoms with van der Waals surface area (Å²) < 4.78 is 43.7. The van der Waals surface area contributed by atoms with E-state index in [2.05, 4.69) is 10.6 Å². The minimum Gasteiger partial charge on any atom is -0.457 e. The lowest BCUT2D eigenvalue weighted by atomic mass is 9.82. The van der Waals surface area contributed by atoms with E-state index >= 15 is 0 Å². The molecule has 1 heterocycles. The molecule has 8 nitrogen and oxygen atoms in total. The summed E-state index contributed by atoms with van der Waals surface area (Å²) in [7, 11) is 0. The Morgan fingerprint density at radius 2 is 1.62 bits per heavy atom. The minimum absolute atomic E-state index is 0.0154. The van der Waals surface area contributed by atoms with Gasteiger partial charge in [-0.05, 0) is 92.8 Å². The molecule has 0 bridgehead atoms. The molecule has 3 aliphatic rings. The van der Waals surface area contributed by atoms with Crippen molar-refractivity contribution in [1.82, 2.24) is 15.5 Å². The molecule has 2 amide bonds. The van der Waals surface area contributed by atoms with Gasteiger partial charge >= 0.3 is 6.61 Å². The molecule has 1 saturated heterocycles. The molecular formula is C38H47F2N3O5. The third-order valence-corrected chi connectivity index (χ3v) is 9.01. The van der Waals surface area contributed by atoms with Crippen molar-refractivity contribution < 1.29 is 32.6 Å². The van der Waals surface area contributed by atoms with Gasteiger partial charge in [0.2, 0.25) is 0 Å². The van der Waals surface area contributed by atoms with E-state index in [1.165, 1.54) is 12.8 Å². The van der Waals surface area contributed by atoms with Gasteiger partial charge in [-0.25, -0.2) is 0 Å². The zero-order chi connectivity index (χ0) is 34.0. The Labute approximate surface area is 282 Å². The molecule has 5 rings (SSSR count). The fourth-order valence-corrected chi connectivity index (χ4v) is 5.96. The number of likely N-dealkylation sites (tertiary alicyclic amines) is 1. The van der Waals surface area contributed by atoms with E-state index in [4.69, 9.17) is 14.2 Å². The Bertz CT molecular complexity index is 1470. The van der Waals surface area contributed by atoms with E-state index < -0.39 is 12.5 Å². The molecule has 10 heteroatoms. The lowest BCUT2D eigenvalue weighted by Crippen LogP contribution is -2.40. The number of aryl methyl sites for hydroxylation is 1. The fraction of sp³-hybridized carbons (Fsp3) is 0.474. The van der Waals surface area contributed by atoms with Gasteiger partial charge in [-0.2, -0.15) is 8.78 Å². The average Bonchev–Trinajstić information content (AvgIpc) is 3.90. The molecule has 2 aromatic rings. The molecular weight excluding hydrogens is 616 g/mol. The van der Waals surface area contributed by atoms with E-state index in [9.17, 15) is 18.4 Å². The van der Waals surface area contributed by atoms with Crippen LogP contribution < -0.4 is 15.4 Å². The van der Waals surface area contributed by atoms with Gasteiger partial charge in [0.1, 0.15) is 17.3 Å². The van der Waals surface area contributed by atoms with Crippen molar-refractivity contribution in [2.24, 2.45) is 23.7 Å². The average molecular weight is 664 g/mol. The van der Waals surface area contributed by atoms with Crippen molar-refractivity contribution in [3.8, 4) is 11.5 Å². The Kier molecular flexibility index (Phi) is 12.3. The maximum atomic E-state index is 13.6. The van der Waals surface area contributed by atoms with Gasteiger partial charge in [0.15, 0.2) is 0 Å². The van der Waals surface area contributed by atoms with Crippen molar-refractivity contribution in [3.05, 3.63) is 94.9 Å². The number of amides is 2. The summed E-state index contributed by atoms with van der Waals surface area (Å²) in [6.07, 6.45) is 9.14. The number of ether oxygens (including phenoxy) is 3. The number of allylic oxidation sites excluding steroid dienone is 2. The smallest absolute Gasteiger partial charge is 0.387 e. The quantitative estimate of drug-likeness (QED) is 0.200. The second kappa shape index (κ2) is 16.8. The molecule has 258 valence electrons. The molecule has 2 fully saturated rings. The first kappa shape index (κ1) is 35.1. The third-order valence-electron chi connectivity index (χ3n) is 9.01. The number of benzene rings is 2. The zero-order valence-corrected chi connectivity index (χ0v) is 28.1. The molecule has 1 atom stereocenters. The molecule has 1 aliphatic heterocycles. The van der Waals surface area contributed by atoms with Crippen LogP contribution in [0.15, 0.2) is 83.8 Å². The SMILES string of the molecule is Cc1ccc(Oc2ccc(C(=O)N3CCC(CN/C=C4/C(OC(F)F)=C(C(=O)NCCOCC5CC5)C=CC4C(C)C)CC3)cc2)cc1. The number of hydrogen-bond acceptors (Lipinski definition) is 6. The maximum absolute atomic E-state index is 13.6. The highest BCUT2D eigenvalue weighted by atomic mass is 19.3. The van der Waals surface area contributed by atoms with Crippen molar-refractivity contribution >= 4 is 11.8 Å². The van der Waals surface area contributed by atoms with E-state index in [-0.39, 0.29) is 41.5 Å². The molecule has 0 radical (unpaired) electrons. The third kappa shape index (κ3) is 9.92. The lowest BCUT2D eigenvalue weighted by Gasteiger charge is -2.32. The molecule has 48 heavy (non-hydrogen) atoms. The van der Waals surface area contributed by atoms with Crippen LogP contribution in [0.25, 0.3) is 0 Å². The Balaban J connectivity index is 1.14. The lowest BCUT2D eigenvalue weighted by molar-refractivity contribution is -0.118. The standard InChI is InChI=1S/C38H47F2N3O5/c1-25(2)32-14-15-33(36(44)42-18-21-46-24-28-6-7-28)35(48-38(39)40)34(32)23-41-22-27-16-19-43(20-17-27)37(45)29-8-12-31(13-9-29)47-30-10-4-26(3)5-11-30/h4-5,8-15,23,25,27-28,32,38,41H,6-7,16-22,24H2,1-3H3,(H,42,44)/b34-23+. The Morgan fingerprint density at radius 3 is 2.25 bits per heavy atom. The monoisotopic (exact) mass is 663 g/mol. The van der Waals surface area contributed by atoms with Crippen molar-refractivity contribution in [3.63, 3.8) is 0 Å². The van der Waals surface area contributed by atoms with Crippen LogP contribution in [0.4, 0.5) is 8.78 Å². The van der Waals surface area contributed by atoms with Crippen LogP contribution in [-0.4, -0.2) is 62.7 Å². The van der Waals surface area contributed by atoms with Gasteiger partial charge in [-0.1, -0.05) is 37.6 Å². The summed E-state index contributed by atoms with van der Waals surface area (Å²) in [5.74, 6) is 1.59. The summed E-state index contributed by atoms with van der Waals surface area (Å²) in [6.45, 7) is 6.12. The molecule has 2 aromatic carbocycles. The number of rotatable bonds is 15. The number of hydrogen-bond donors (Lipinski definition) is 2. The van der Waals surface area contributed by atoms with Gasteiger partial charge < -0.3 is 29.7 Å². The predicted molar refractivity (Wildman–Crippen MR) is 181 cm³/mol. The normalized spacial score (nSPS) is 19.3. The van der Waals surface area contributed by atoms with Crippen molar-refractivity contribution in [2.45, 2.75) is 53.1 Å². The highest BCUT2D eigenvalue weighted by molar-refractivity contribution is 5.98. The number of piperidine rings is 1. The summed E-state index contributed by atoms with van der Waals surface area (Å²) >= 11 is 0. The first-order valence-electron chi connectivity index (χ1n) is 17.0. The first-order valence-corrected chi connectivity index (χ1v) is 17.0. The first-order chi connectivity index (χ1) is 23.2. The molecule has 2 N–H and O–H groups in total. The van der Waals surface area contributed by atoms with Crippen LogP contribution >= 0.6 is 0 Å². The number of halogens is 2. The Hall–Kier alpha value is -4.18.